The van der Waals surface area contributed by atoms with E-state index >= 15 is 0 Å². The lowest BCUT2D eigenvalue weighted by Crippen LogP contribution is -2.06. The quantitative estimate of drug-likeness (QED) is 0.842. The third-order valence-electron chi connectivity index (χ3n) is 2.63. The molecule has 0 spiro atoms. The Labute approximate surface area is 93.7 Å². The summed E-state index contributed by atoms with van der Waals surface area (Å²) >= 11 is 0. The summed E-state index contributed by atoms with van der Waals surface area (Å²) in [6, 6.07) is 5.03. The standard InChI is InChI=1S/C12H14FN3/c1-8-5-10(3-4-11(8)13)7-16-12(14)9(2)6-15-16/h3-6H,7,14H2,1-2H3. The molecule has 0 saturated carbocycles. The number of hydrogen-bond donors (Lipinski definition) is 1. The summed E-state index contributed by atoms with van der Waals surface area (Å²) < 4.78 is 14.8. The van der Waals surface area contributed by atoms with Gasteiger partial charge in [-0.1, -0.05) is 12.1 Å². The molecular formula is C12H14FN3. The number of nitrogens with zero attached hydrogens (tertiary/aromatic N) is 2. The van der Waals surface area contributed by atoms with Gasteiger partial charge in [0.2, 0.25) is 0 Å². The van der Waals surface area contributed by atoms with Gasteiger partial charge in [-0.15, -0.1) is 0 Å². The summed E-state index contributed by atoms with van der Waals surface area (Å²) in [4.78, 5) is 0. The van der Waals surface area contributed by atoms with Gasteiger partial charge in [0.05, 0.1) is 12.7 Å². The van der Waals surface area contributed by atoms with Gasteiger partial charge in [0.1, 0.15) is 11.6 Å². The molecule has 0 aliphatic carbocycles. The lowest BCUT2D eigenvalue weighted by molar-refractivity contribution is 0.615. The number of halogens is 1. The van der Waals surface area contributed by atoms with Crippen molar-refractivity contribution in [3.8, 4) is 0 Å². The van der Waals surface area contributed by atoms with E-state index < -0.39 is 0 Å². The molecule has 0 radical (unpaired) electrons. The summed E-state index contributed by atoms with van der Waals surface area (Å²) in [7, 11) is 0. The summed E-state index contributed by atoms with van der Waals surface area (Å²) in [5, 5.41) is 4.16. The number of nitrogens with two attached hydrogens (primary N) is 1. The van der Waals surface area contributed by atoms with Crippen LogP contribution < -0.4 is 5.73 Å². The molecule has 2 rings (SSSR count). The number of aromatic nitrogens is 2. The maximum atomic E-state index is 13.1. The number of nitrogen functional groups attached to an aromatic ring is 1. The van der Waals surface area contributed by atoms with E-state index in [1.807, 2.05) is 13.0 Å². The van der Waals surface area contributed by atoms with Gasteiger partial charge >= 0.3 is 0 Å². The van der Waals surface area contributed by atoms with Crippen molar-refractivity contribution in [2.24, 2.45) is 0 Å². The minimum atomic E-state index is -0.187. The molecule has 1 aromatic heterocycles. The van der Waals surface area contributed by atoms with Crippen molar-refractivity contribution < 1.29 is 4.39 Å². The summed E-state index contributed by atoms with van der Waals surface area (Å²) in [5.74, 6) is 0.468. The smallest absolute Gasteiger partial charge is 0.126 e. The zero-order valence-corrected chi connectivity index (χ0v) is 9.37. The number of benzene rings is 1. The molecule has 0 bridgehead atoms. The van der Waals surface area contributed by atoms with E-state index in [0.29, 0.717) is 17.9 Å². The van der Waals surface area contributed by atoms with Crippen molar-refractivity contribution in [1.29, 1.82) is 0 Å². The Kier molecular flexibility index (Phi) is 2.64. The lowest BCUT2D eigenvalue weighted by Gasteiger charge is -2.06. The predicted molar refractivity (Wildman–Crippen MR) is 61.6 cm³/mol. The van der Waals surface area contributed by atoms with Crippen molar-refractivity contribution in [3.05, 3.63) is 46.9 Å². The average Bonchev–Trinajstić information content (AvgIpc) is 2.55. The van der Waals surface area contributed by atoms with Gasteiger partial charge in [0.15, 0.2) is 0 Å². The maximum absolute atomic E-state index is 13.1. The van der Waals surface area contributed by atoms with Crippen LogP contribution in [0.4, 0.5) is 10.2 Å². The zero-order chi connectivity index (χ0) is 11.7. The van der Waals surface area contributed by atoms with Crippen LogP contribution in [0, 0.1) is 19.7 Å². The fraction of sp³-hybridized carbons (Fsp3) is 0.250. The van der Waals surface area contributed by atoms with Gasteiger partial charge in [-0.05, 0) is 31.0 Å². The SMILES string of the molecule is Cc1cc(Cn2ncc(C)c2N)ccc1F. The summed E-state index contributed by atoms with van der Waals surface area (Å²) in [5.41, 5.74) is 8.44. The lowest BCUT2D eigenvalue weighted by atomic mass is 10.1. The van der Waals surface area contributed by atoms with Gasteiger partial charge < -0.3 is 5.73 Å². The Balaban J connectivity index is 2.27. The largest absolute Gasteiger partial charge is 0.384 e. The fourth-order valence-electron chi connectivity index (χ4n) is 1.59. The fourth-order valence-corrected chi connectivity index (χ4v) is 1.59. The van der Waals surface area contributed by atoms with Gasteiger partial charge in [0.25, 0.3) is 0 Å². The van der Waals surface area contributed by atoms with E-state index in [1.54, 1.807) is 23.9 Å². The Bertz CT molecular complexity index is 517. The summed E-state index contributed by atoms with van der Waals surface area (Å²) in [6.07, 6.45) is 1.73. The molecule has 0 atom stereocenters. The highest BCUT2D eigenvalue weighted by Crippen LogP contribution is 2.14. The summed E-state index contributed by atoms with van der Waals surface area (Å²) in [6.45, 7) is 4.23. The molecule has 16 heavy (non-hydrogen) atoms. The molecule has 2 N–H and O–H groups in total. The van der Waals surface area contributed by atoms with E-state index in [9.17, 15) is 4.39 Å². The number of hydrogen-bond acceptors (Lipinski definition) is 2. The van der Waals surface area contributed by atoms with Crippen LogP contribution in [0.25, 0.3) is 0 Å². The second-order valence-electron chi connectivity index (χ2n) is 3.95. The molecule has 4 heteroatoms. The Hall–Kier alpha value is -1.84. The predicted octanol–water partition coefficient (Wildman–Crippen LogP) is 2.27. The van der Waals surface area contributed by atoms with Crippen molar-refractivity contribution >= 4 is 5.82 Å². The molecular weight excluding hydrogens is 205 g/mol. The third-order valence-corrected chi connectivity index (χ3v) is 2.63. The van der Waals surface area contributed by atoms with Crippen LogP contribution in [0.5, 0.6) is 0 Å². The Morgan fingerprint density at radius 3 is 2.62 bits per heavy atom. The molecule has 2 aromatic rings. The van der Waals surface area contributed by atoms with Crippen molar-refractivity contribution in [1.82, 2.24) is 9.78 Å². The number of aryl methyl sites for hydroxylation is 2. The molecule has 0 aliphatic rings. The van der Waals surface area contributed by atoms with E-state index in [-0.39, 0.29) is 5.82 Å². The molecule has 1 heterocycles. The molecule has 0 unspecified atom stereocenters. The minimum Gasteiger partial charge on any atom is -0.384 e. The van der Waals surface area contributed by atoms with Crippen LogP contribution in [-0.4, -0.2) is 9.78 Å². The zero-order valence-electron chi connectivity index (χ0n) is 9.37. The first-order valence-corrected chi connectivity index (χ1v) is 5.11. The third kappa shape index (κ3) is 1.91. The molecule has 0 aliphatic heterocycles. The van der Waals surface area contributed by atoms with Crippen LogP contribution in [0.2, 0.25) is 0 Å². The van der Waals surface area contributed by atoms with E-state index in [0.717, 1.165) is 11.1 Å². The Morgan fingerprint density at radius 2 is 2.06 bits per heavy atom. The van der Waals surface area contributed by atoms with Crippen LogP contribution in [-0.2, 0) is 6.54 Å². The van der Waals surface area contributed by atoms with Gasteiger partial charge in [-0.3, -0.25) is 0 Å². The first-order chi connectivity index (χ1) is 7.58. The van der Waals surface area contributed by atoms with Crippen LogP contribution in [0.3, 0.4) is 0 Å². The highest BCUT2D eigenvalue weighted by Gasteiger charge is 2.05. The van der Waals surface area contributed by atoms with Crippen LogP contribution in [0.1, 0.15) is 16.7 Å². The van der Waals surface area contributed by atoms with Gasteiger partial charge in [0, 0.05) is 5.56 Å². The van der Waals surface area contributed by atoms with Crippen molar-refractivity contribution in [2.75, 3.05) is 5.73 Å². The van der Waals surface area contributed by atoms with Crippen molar-refractivity contribution in [2.45, 2.75) is 20.4 Å². The molecule has 0 amide bonds. The molecule has 0 fully saturated rings. The maximum Gasteiger partial charge on any atom is 0.126 e. The molecule has 84 valence electrons. The van der Waals surface area contributed by atoms with Gasteiger partial charge in [-0.2, -0.15) is 5.10 Å². The second-order valence-corrected chi connectivity index (χ2v) is 3.95. The Morgan fingerprint density at radius 1 is 1.31 bits per heavy atom. The molecule has 1 aromatic carbocycles. The highest BCUT2D eigenvalue weighted by atomic mass is 19.1. The number of rotatable bonds is 2. The number of anilines is 1. The van der Waals surface area contributed by atoms with Crippen molar-refractivity contribution in [3.63, 3.8) is 0 Å². The van der Waals surface area contributed by atoms with Crippen LogP contribution in [0.15, 0.2) is 24.4 Å². The first kappa shape index (κ1) is 10.7. The molecule has 3 nitrogen and oxygen atoms in total. The van der Waals surface area contributed by atoms with E-state index in [1.165, 1.54) is 6.07 Å². The monoisotopic (exact) mass is 219 g/mol. The second kappa shape index (κ2) is 3.96. The van der Waals surface area contributed by atoms with E-state index in [4.69, 9.17) is 5.73 Å². The van der Waals surface area contributed by atoms with Crippen LogP contribution >= 0.6 is 0 Å². The topological polar surface area (TPSA) is 43.8 Å². The first-order valence-electron chi connectivity index (χ1n) is 5.11. The normalized spacial score (nSPS) is 10.7. The highest BCUT2D eigenvalue weighted by molar-refractivity contribution is 5.38. The van der Waals surface area contributed by atoms with Gasteiger partial charge in [-0.25, -0.2) is 9.07 Å². The molecule has 0 saturated heterocycles. The average molecular weight is 219 g/mol. The minimum absolute atomic E-state index is 0.187. The van der Waals surface area contributed by atoms with E-state index in [2.05, 4.69) is 5.10 Å².